The van der Waals surface area contributed by atoms with Crippen molar-refractivity contribution in [3.8, 4) is 11.3 Å². The number of hydrogen-bond acceptors (Lipinski definition) is 4. The highest BCUT2D eigenvalue weighted by molar-refractivity contribution is 5.92. The Balaban J connectivity index is 1.53. The summed E-state index contributed by atoms with van der Waals surface area (Å²) in [5, 5.41) is 2.87. The molecule has 6 heteroatoms. The number of ether oxygens (including phenoxy) is 1. The van der Waals surface area contributed by atoms with Crippen LogP contribution >= 0.6 is 0 Å². The third kappa shape index (κ3) is 4.93. The molecule has 1 amide bonds. The molecule has 1 saturated heterocycles. The van der Waals surface area contributed by atoms with Crippen LogP contribution in [0.5, 0.6) is 0 Å². The normalized spacial score (nSPS) is 18.2. The van der Waals surface area contributed by atoms with Gasteiger partial charge in [-0.15, -0.1) is 0 Å². The predicted molar refractivity (Wildman–Crippen MR) is 97.5 cm³/mol. The van der Waals surface area contributed by atoms with Crippen LogP contribution in [0.25, 0.3) is 11.3 Å². The average molecular weight is 360 g/mol. The third-order valence-electron chi connectivity index (χ3n) is 4.30. The number of hydrogen-bond donors (Lipinski definition) is 1. The molecule has 1 unspecified atom stereocenters. The van der Waals surface area contributed by atoms with Gasteiger partial charge in [-0.05, 0) is 42.3 Å². The summed E-state index contributed by atoms with van der Waals surface area (Å²) < 4.78 is 24.3. The van der Waals surface area contributed by atoms with E-state index in [2.05, 4.69) is 24.1 Å². The highest BCUT2D eigenvalue weighted by Crippen LogP contribution is 2.22. The minimum Gasteiger partial charge on any atom is -0.451 e. The number of carbonyl (C=O) groups is 1. The van der Waals surface area contributed by atoms with Crippen LogP contribution in [0.3, 0.4) is 0 Å². The number of halogens is 1. The Labute approximate surface area is 153 Å². The van der Waals surface area contributed by atoms with E-state index >= 15 is 0 Å². The summed E-state index contributed by atoms with van der Waals surface area (Å²) in [4.78, 5) is 14.7. The molecule has 0 bridgehead atoms. The fourth-order valence-corrected chi connectivity index (χ4v) is 3.11. The van der Waals surface area contributed by atoms with Gasteiger partial charge >= 0.3 is 0 Å². The van der Waals surface area contributed by atoms with Gasteiger partial charge in [0.25, 0.3) is 5.91 Å². The Kier molecular flexibility index (Phi) is 6.06. The van der Waals surface area contributed by atoms with E-state index < -0.39 is 0 Å². The first-order valence-corrected chi connectivity index (χ1v) is 8.99. The third-order valence-corrected chi connectivity index (χ3v) is 4.30. The number of nitrogens with one attached hydrogen (secondary N) is 1. The smallest absolute Gasteiger partial charge is 0.287 e. The predicted octanol–water partition coefficient (Wildman–Crippen LogP) is 3.17. The summed E-state index contributed by atoms with van der Waals surface area (Å²) in [5.41, 5.74) is 0.727. The summed E-state index contributed by atoms with van der Waals surface area (Å²) in [7, 11) is 0. The number of amides is 1. The van der Waals surface area contributed by atoms with Gasteiger partial charge < -0.3 is 14.5 Å². The van der Waals surface area contributed by atoms with E-state index in [9.17, 15) is 9.18 Å². The van der Waals surface area contributed by atoms with Crippen LogP contribution < -0.4 is 5.32 Å². The van der Waals surface area contributed by atoms with E-state index in [-0.39, 0.29) is 23.6 Å². The van der Waals surface area contributed by atoms with Gasteiger partial charge in [-0.25, -0.2) is 4.39 Å². The van der Waals surface area contributed by atoms with Gasteiger partial charge in [-0.2, -0.15) is 0 Å². The fourth-order valence-electron chi connectivity index (χ4n) is 3.11. The van der Waals surface area contributed by atoms with Crippen LogP contribution in [0, 0.1) is 11.7 Å². The van der Waals surface area contributed by atoms with Gasteiger partial charge in [-0.1, -0.05) is 13.8 Å². The first-order chi connectivity index (χ1) is 12.5. The van der Waals surface area contributed by atoms with Crippen molar-refractivity contribution in [2.45, 2.75) is 20.0 Å². The highest BCUT2D eigenvalue weighted by atomic mass is 19.1. The van der Waals surface area contributed by atoms with E-state index in [0.29, 0.717) is 24.8 Å². The number of nitrogens with zero attached hydrogens (tertiary/aromatic N) is 1. The minimum atomic E-state index is -0.308. The molecule has 140 valence electrons. The molecule has 26 heavy (non-hydrogen) atoms. The number of benzene rings is 1. The van der Waals surface area contributed by atoms with Crippen LogP contribution in [0.4, 0.5) is 4.39 Å². The zero-order valence-corrected chi connectivity index (χ0v) is 15.2. The second kappa shape index (κ2) is 8.47. The Morgan fingerprint density at radius 3 is 2.77 bits per heavy atom. The van der Waals surface area contributed by atoms with E-state index in [1.54, 1.807) is 24.3 Å². The molecule has 0 spiro atoms. The number of carbonyl (C=O) groups excluding carboxylic acids is 1. The molecule has 0 saturated carbocycles. The lowest BCUT2D eigenvalue weighted by molar-refractivity contribution is -0.0296. The fraction of sp³-hybridized carbons (Fsp3) is 0.450. The summed E-state index contributed by atoms with van der Waals surface area (Å²) in [6, 6.07) is 9.30. The molecule has 1 fully saturated rings. The average Bonchev–Trinajstić information content (AvgIpc) is 3.10. The maximum Gasteiger partial charge on any atom is 0.287 e. The van der Waals surface area contributed by atoms with Gasteiger partial charge in [0.2, 0.25) is 0 Å². The van der Waals surface area contributed by atoms with E-state index in [4.69, 9.17) is 9.15 Å². The van der Waals surface area contributed by atoms with Crippen molar-refractivity contribution in [1.82, 2.24) is 10.2 Å². The Hall–Kier alpha value is -2.18. The molecule has 1 aromatic heterocycles. The van der Waals surface area contributed by atoms with Crippen molar-refractivity contribution < 1.29 is 18.3 Å². The highest BCUT2D eigenvalue weighted by Gasteiger charge is 2.22. The van der Waals surface area contributed by atoms with Crippen molar-refractivity contribution in [3.05, 3.63) is 48.0 Å². The number of rotatable bonds is 6. The second-order valence-electron chi connectivity index (χ2n) is 7.03. The largest absolute Gasteiger partial charge is 0.451 e. The molecule has 5 nitrogen and oxygen atoms in total. The lowest BCUT2D eigenvalue weighted by Gasteiger charge is -2.33. The SMILES string of the molecule is CC(C)CN1CCOC(CNC(=O)c2ccc(-c3ccc(F)cc3)o2)C1. The van der Waals surface area contributed by atoms with E-state index in [1.807, 2.05) is 0 Å². The minimum absolute atomic E-state index is 0.0158. The Morgan fingerprint density at radius 2 is 2.04 bits per heavy atom. The van der Waals surface area contributed by atoms with E-state index in [0.717, 1.165) is 25.2 Å². The molecule has 2 aromatic rings. The molecular weight excluding hydrogens is 335 g/mol. The zero-order valence-electron chi connectivity index (χ0n) is 15.2. The molecule has 1 atom stereocenters. The molecule has 1 N–H and O–H groups in total. The topological polar surface area (TPSA) is 54.7 Å². The monoisotopic (exact) mass is 360 g/mol. The number of furan rings is 1. The van der Waals surface area contributed by atoms with Gasteiger partial charge in [0.05, 0.1) is 12.7 Å². The van der Waals surface area contributed by atoms with Crippen LogP contribution in [0.15, 0.2) is 40.8 Å². The van der Waals surface area contributed by atoms with Crippen LogP contribution in [0.1, 0.15) is 24.4 Å². The standard InChI is InChI=1S/C20H25FN2O3/c1-14(2)12-23-9-10-25-17(13-23)11-22-20(24)19-8-7-18(26-19)15-3-5-16(21)6-4-15/h3-8,14,17H,9-13H2,1-2H3,(H,22,24). The summed E-state index contributed by atoms with van der Waals surface area (Å²) in [5.74, 6) is 0.794. The molecule has 1 aliphatic rings. The van der Waals surface area contributed by atoms with Crippen molar-refractivity contribution in [1.29, 1.82) is 0 Å². The van der Waals surface area contributed by atoms with Crippen molar-refractivity contribution in [2.75, 3.05) is 32.8 Å². The first-order valence-electron chi connectivity index (χ1n) is 8.99. The second-order valence-corrected chi connectivity index (χ2v) is 7.03. The maximum atomic E-state index is 13.0. The van der Waals surface area contributed by atoms with Gasteiger partial charge in [0.15, 0.2) is 5.76 Å². The molecule has 0 radical (unpaired) electrons. The molecular formula is C20H25FN2O3. The summed E-state index contributed by atoms with van der Waals surface area (Å²) >= 11 is 0. The molecule has 2 heterocycles. The van der Waals surface area contributed by atoms with Crippen LogP contribution in [-0.2, 0) is 4.74 Å². The summed E-state index contributed by atoms with van der Waals surface area (Å²) in [6.07, 6.45) is -0.0158. The zero-order chi connectivity index (χ0) is 18.5. The van der Waals surface area contributed by atoms with Gasteiger partial charge in [0, 0.05) is 31.7 Å². The molecule has 1 aliphatic heterocycles. The first kappa shape index (κ1) is 18.6. The lowest BCUT2D eigenvalue weighted by atomic mass is 10.2. The Bertz CT molecular complexity index is 727. The van der Waals surface area contributed by atoms with E-state index in [1.165, 1.54) is 12.1 Å². The number of morpholine rings is 1. The van der Waals surface area contributed by atoms with Crippen molar-refractivity contribution in [2.24, 2.45) is 5.92 Å². The molecule has 3 rings (SSSR count). The van der Waals surface area contributed by atoms with Crippen LogP contribution in [-0.4, -0.2) is 49.7 Å². The quantitative estimate of drug-likeness (QED) is 0.860. The van der Waals surface area contributed by atoms with Crippen molar-refractivity contribution in [3.63, 3.8) is 0 Å². The summed E-state index contributed by atoms with van der Waals surface area (Å²) in [6.45, 7) is 8.30. The molecule has 1 aromatic carbocycles. The van der Waals surface area contributed by atoms with Gasteiger partial charge in [0.1, 0.15) is 11.6 Å². The van der Waals surface area contributed by atoms with Crippen molar-refractivity contribution >= 4 is 5.91 Å². The van der Waals surface area contributed by atoms with Gasteiger partial charge in [-0.3, -0.25) is 9.69 Å². The Morgan fingerprint density at radius 1 is 1.27 bits per heavy atom. The van der Waals surface area contributed by atoms with Crippen LogP contribution in [0.2, 0.25) is 0 Å². The molecule has 0 aliphatic carbocycles. The maximum absolute atomic E-state index is 13.0. The lowest BCUT2D eigenvalue weighted by Crippen LogP contribution is -2.48.